The van der Waals surface area contributed by atoms with E-state index >= 15 is 0 Å². The maximum Gasteiger partial charge on any atom is 0.161 e. The highest BCUT2D eigenvalue weighted by Gasteiger charge is 2.20. The van der Waals surface area contributed by atoms with Gasteiger partial charge in [-0.05, 0) is 41.5 Å². The van der Waals surface area contributed by atoms with E-state index in [1.165, 1.54) is 10.2 Å². The molecule has 2 N–H and O–H groups in total. The Kier molecular flexibility index (Phi) is 7.11. The molecule has 35 heavy (non-hydrogen) atoms. The van der Waals surface area contributed by atoms with Crippen LogP contribution in [0.1, 0.15) is 22.4 Å². The number of nitriles is 2. The number of rotatable bonds is 8. The number of ether oxygens (including phenoxy) is 2. The molecule has 0 bridgehead atoms. The van der Waals surface area contributed by atoms with Crippen molar-refractivity contribution in [3.63, 3.8) is 0 Å². The Balaban J connectivity index is 1.61. The van der Waals surface area contributed by atoms with Crippen molar-refractivity contribution in [2.24, 2.45) is 0 Å². The van der Waals surface area contributed by atoms with Crippen molar-refractivity contribution >= 4 is 17.5 Å². The second-order valence-electron chi connectivity index (χ2n) is 7.63. The summed E-state index contributed by atoms with van der Waals surface area (Å²) in [5.74, 6) is 1.32. The first-order valence-corrected chi connectivity index (χ1v) is 11.0. The van der Waals surface area contributed by atoms with Gasteiger partial charge in [0, 0.05) is 6.42 Å². The molecule has 7 nitrogen and oxygen atoms in total. The number of para-hydroxylation sites is 1. The van der Waals surface area contributed by atoms with Crippen molar-refractivity contribution in [3.05, 3.63) is 101 Å². The maximum atomic E-state index is 9.86. The number of nitrogens with zero attached hydrogens (tertiary/aromatic N) is 4. The van der Waals surface area contributed by atoms with Crippen LogP contribution >= 0.6 is 0 Å². The van der Waals surface area contributed by atoms with E-state index < -0.39 is 0 Å². The van der Waals surface area contributed by atoms with Crippen LogP contribution in [0.25, 0.3) is 17.3 Å². The molecule has 172 valence electrons. The van der Waals surface area contributed by atoms with Crippen LogP contribution in [0.2, 0.25) is 0 Å². The number of aromatic nitrogens is 2. The number of nitrogens with two attached hydrogens (primary N) is 1. The normalized spacial score (nSPS) is 10.9. The number of hydrogen-bond acceptors (Lipinski definition) is 6. The van der Waals surface area contributed by atoms with Gasteiger partial charge in [-0.3, -0.25) is 0 Å². The molecular formula is C28H23N5O2. The molecule has 0 saturated heterocycles. The van der Waals surface area contributed by atoms with Crippen LogP contribution in [0.5, 0.6) is 11.5 Å². The molecule has 0 fully saturated rings. The van der Waals surface area contributed by atoms with Crippen molar-refractivity contribution < 1.29 is 9.47 Å². The number of anilines is 1. The third-order valence-corrected chi connectivity index (χ3v) is 5.40. The van der Waals surface area contributed by atoms with Gasteiger partial charge in [0.1, 0.15) is 29.2 Å². The fourth-order valence-corrected chi connectivity index (χ4v) is 3.63. The van der Waals surface area contributed by atoms with E-state index in [1.807, 2.05) is 54.6 Å². The average Bonchev–Trinajstić information content (AvgIpc) is 3.24. The Morgan fingerprint density at radius 1 is 1.00 bits per heavy atom. The predicted octanol–water partition coefficient (Wildman–Crippen LogP) is 5.02. The van der Waals surface area contributed by atoms with Crippen LogP contribution in [0.4, 0.5) is 5.82 Å². The lowest BCUT2D eigenvalue weighted by atomic mass is 10.1. The molecule has 0 atom stereocenters. The summed E-state index contributed by atoms with van der Waals surface area (Å²) in [7, 11) is 1.56. The van der Waals surface area contributed by atoms with Crippen LogP contribution in [0.3, 0.4) is 0 Å². The van der Waals surface area contributed by atoms with Gasteiger partial charge in [-0.1, -0.05) is 54.6 Å². The standard InChI is InChI=1S/C28H23N5O2/c1-34-26-17-21(12-13-25(26)35-15-14-20-8-4-2-5-9-20)16-22(18-29)27-24(19-30)28(31)33(32-27)23-10-6-3-7-11-23/h2-13,16-17H,14-15,31H2,1H3/b22-16-. The Labute approximate surface area is 203 Å². The molecule has 4 aromatic rings. The fraction of sp³-hybridized carbons (Fsp3) is 0.107. The predicted molar refractivity (Wildman–Crippen MR) is 135 cm³/mol. The lowest BCUT2D eigenvalue weighted by molar-refractivity contribution is 0.297. The van der Waals surface area contributed by atoms with Crippen LogP contribution < -0.4 is 15.2 Å². The highest BCUT2D eigenvalue weighted by molar-refractivity contribution is 5.91. The second-order valence-corrected chi connectivity index (χ2v) is 7.63. The van der Waals surface area contributed by atoms with Crippen molar-refractivity contribution in [3.8, 4) is 29.3 Å². The number of benzene rings is 3. The first kappa shape index (κ1) is 23.2. The third-order valence-electron chi connectivity index (χ3n) is 5.40. The Morgan fingerprint density at radius 3 is 2.37 bits per heavy atom. The topological polar surface area (TPSA) is 110 Å². The number of methoxy groups -OCH3 is 1. The summed E-state index contributed by atoms with van der Waals surface area (Å²) in [6.45, 7) is 0.501. The Hall–Kier alpha value is -5.01. The molecule has 0 amide bonds. The maximum absolute atomic E-state index is 9.86. The molecule has 1 heterocycles. The fourth-order valence-electron chi connectivity index (χ4n) is 3.63. The van der Waals surface area contributed by atoms with E-state index in [2.05, 4.69) is 29.4 Å². The molecule has 0 unspecified atom stereocenters. The van der Waals surface area contributed by atoms with Crippen LogP contribution in [-0.4, -0.2) is 23.5 Å². The van der Waals surface area contributed by atoms with Gasteiger partial charge in [0.25, 0.3) is 0 Å². The minimum atomic E-state index is 0.148. The molecule has 3 aromatic carbocycles. The first-order chi connectivity index (χ1) is 17.1. The summed E-state index contributed by atoms with van der Waals surface area (Å²) in [6, 6.07) is 28.9. The number of nitrogen functional groups attached to an aromatic ring is 1. The first-order valence-electron chi connectivity index (χ1n) is 11.0. The highest BCUT2D eigenvalue weighted by atomic mass is 16.5. The van der Waals surface area contributed by atoms with Gasteiger partial charge in [0.05, 0.1) is 25.0 Å². The highest BCUT2D eigenvalue weighted by Crippen LogP contribution is 2.31. The van der Waals surface area contributed by atoms with Crippen molar-refractivity contribution in [1.82, 2.24) is 9.78 Å². The van der Waals surface area contributed by atoms with Gasteiger partial charge in [0.15, 0.2) is 11.5 Å². The van der Waals surface area contributed by atoms with E-state index in [9.17, 15) is 10.5 Å². The molecule has 4 rings (SSSR count). The smallest absolute Gasteiger partial charge is 0.161 e. The van der Waals surface area contributed by atoms with Gasteiger partial charge < -0.3 is 15.2 Å². The lowest BCUT2D eigenvalue weighted by Crippen LogP contribution is -2.02. The number of allylic oxidation sites excluding steroid dienone is 1. The van der Waals surface area contributed by atoms with Gasteiger partial charge >= 0.3 is 0 Å². The third kappa shape index (κ3) is 5.16. The molecule has 0 aliphatic heterocycles. The van der Waals surface area contributed by atoms with E-state index in [0.29, 0.717) is 29.4 Å². The van der Waals surface area contributed by atoms with Gasteiger partial charge in [-0.15, -0.1) is 0 Å². The largest absolute Gasteiger partial charge is 0.493 e. The summed E-state index contributed by atoms with van der Waals surface area (Å²) in [5.41, 5.74) is 9.36. The minimum Gasteiger partial charge on any atom is -0.493 e. The van der Waals surface area contributed by atoms with Crippen molar-refractivity contribution in [2.75, 3.05) is 19.5 Å². The summed E-state index contributed by atoms with van der Waals surface area (Å²) >= 11 is 0. The van der Waals surface area contributed by atoms with E-state index in [1.54, 1.807) is 25.3 Å². The molecule has 0 spiro atoms. The molecule has 0 radical (unpaired) electrons. The van der Waals surface area contributed by atoms with E-state index in [4.69, 9.17) is 15.2 Å². The SMILES string of the molecule is COc1cc(/C=C(/C#N)c2nn(-c3ccccc3)c(N)c2C#N)ccc1OCCc1ccccc1. The quantitative estimate of drug-likeness (QED) is 0.369. The summed E-state index contributed by atoms with van der Waals surface area (Å²) in [6.07, 6.45) is 2.42. The van der Waals surface area contributed by atoms with Crippen LogP contribution in [-0.2, 0) is 6.42 Å². The van der Waals surface area contributed by atoms with Crippen molar-refractivity contribution in [1.29, 1.82) is 10.5 Å². The monoisotopic (exact) mass is 461 g/mol. The van der Waals surface area contributed by atoms with Crippen LogP contribution in [0, 0.1) is 22.7 Å². The summed E-state index contributed by atoms with van der Waals surface area (Å²) in [4.78, 5) is 0. The summed E-state index contributed by atoms with van der Waals surface area (Å²) < 4.78 is 12.9. The Morgan fingerprint density at radius 2 is 1.71 bits per heavy atom. The second kappa shape index (κ2) is 10.7. The van der Waals surface area contributed by atoms with Crippen LogP contribution in [0.15, 0.2) is 78.9 Å². The molecule has 0 aliphatic carbocycles. The molecule has 0 saturated carbocycles. The zero-order valence-electron chi connectivity index (χ0n) is 19.2. The minimum absolute atomic E-state index is 0.148. The average molecular weight is 462 g/mol. The number of hydrogen-bond donors (Lipinski definition) is 1. The zero-order chi connectivity index (χ0) is 24.6. The van der Waals surface area contributed by atoms with E-state index in [-0.39, 0.29) is 22.6 Å². The molecule has 7 heteroatoms. The van der Waals surface area contributed by atoms with Gasteiger partial charge in [-0.2, -0.15) is 15.6 Å². The zero-order valence-corrected chi connectivity index (χ0v) is 19.2. The van der Waals surface area contributed by atoms with E-state index in [0.717, 1.165) is 6.42 Å². The van der Waals surface area contributed by atoms with Crippen molar-refractivity contribution in [2.45, 2.75) is 6.42 Å². The molecular weight excluding hydrogens is 438 g/mol. The Bertz CT molecular complexity index is 1430. The van der Waals surface area contributed by atoms with Gasteiger partial charge in [-0.25, -0.2) is 4.68 Å². The molecule has 0 aliphatic rings. The lowest BCUT2D eigenvalue weighted by Gasteiger charge is -2.11. The molecule has 1 aromatic heterocycles. The summed E-state index contributed by atoms with van der Waals surface area (Å²) in [5, 5.41) is 24.0. The van der Waals surface area contributed by atoms with Gasteiger partial charge in [0.2, 0.25) is 0 Å².